The van der Waals surface area contributed by atoms with Crippen LogP contribution in [0.5, 0.6) is 0 Å². The van der Waals surface area contributed by atoms with Crippen molar-refractivity contribution < 1.29 is 24.2 Å². The van der Waals surface area contributed by atoms with E-state index in [1.807, 2.05) is 0 Å². The van der Waals surface area contributed by atoms with Crippen LogP contribution in [0.3, 0.4) is 0 Å². The normalized spacial score (nSPS) is 13.8. The monoisotopic (exact) mass is 246 g/mol. The molecule has 0 fully saturated rings. The molecule has 2 atom stereocenters. The topological polar surface area (TPSA) is 119 Å². The molecule has 98 valence electrons. The van der Waals surface area contributed by atoms with Crippen molar-refractivity contribution in [2.24, 2.45) is 5.73 Å². The van der Waals surface area contributed by atoms with Crippen molar-refractivity contribution in [3.63, 3.8) is 0 Å². The molecule has 0 saturated heterocycles. The molecule has 4 N–H and O–H groups in total. The largest absolute Gasteiger partial charge is 0.480 e. The summed E-state index contributed by atoms with van der Waals surface area (Å²) < 4.78 is 4.95. The number of nitrogens with one attached hydrogen (secondary N) is 1. The number of methoxy groups -OCH3 is 1. The zero-order chi connectivity index (χ0) is 13.4. The summed E-state index contributed by atoms with van der Waals surface area (Å²) in [6.45, 7) is 1.80. The van der Waals surface area contributed by atoms with Crippen molar-refractivity contribution in [3.8, 4) is 0 Å². The minimum Gasteiger partial charge on any atom is -0.480 e. The van der Waals surface area contributed by atoms with Gasteiger partial charge in [0.25, 0.3) is 0 Å². The number of hydrogen-bond donors (Lipinski definition) is 3. The molecule has 0 saturated carbocycles. The Morgan fingerprint density at radius 3 is 2.41 bits per heavy atom. The van der Waals surface area contributed by atoms with E-state index in [0.717, 1.165) is 0 Å². The molecule has 17 heavy (non-hydrogen) atoms. The summed E-state index contributed by atoms with van der Waals surface area (Å²) in [6, 6.07) is -1.27. The number of carbonyl (C=O) groups excluding carboxylic acids is 2. The molecule has 2 amide bonds. The number of carboxylic acids is 1. The van der Waals surface area contributed by atoms with Gasteiger partial charge in [0.05, 0.1) is 12.5 Å². The molecule has 0 aliphatic heterocycles. The van der Waals surface area contributed by atoms with E-state index < -0.39 is 30.2 Å². The van der Waals surface area contributed by atoms with Crippen LogP contribution in [0.2, 0.25) is 0 Å². The van der Waals surface area contributed by atoms with Crippen LogP contribution in [-0.4, -0.2) is 42.1 Å². The van der Waals surface area contributed by atoms with Gasteiger partial charge < -0.3 is 20.9 Å². The van der Waals surface area contributed by atoms with Crippen LogP contribution in [0.1, 0.15) is 26.2 Å². The lowest BCUT2D eigenvalue weighted by Gasteiger charge is -2.14. The zero-order valence-electron chi connectivity index (χ0n) is 9.93. The molecule has 0 bridgehead atoms. The number of hydrogen-bond acceptors (Lipinski definition) is 4. The fraction of sp³-hybridized carbons (Fsp3) is 0.700. The number of ether oxygens (including phenoxy) is 1. The third-order valence-electron chi connectivity index (χ3n) is 2.22. The summed E-state index contributed by atoms with van der Waals surface area (Å²) in [5.41, 5.74) is 4.88. The predicted molar refractivity (Wildman–Crippen MR) is 59.1 cm³/mol. The van der Waals surface area contributed by atoms with Gasteiger partial charge in [-0.1, -0.05) is 0 Å². The van der Waals surface area contributed by atoms with Crippen LogP contribution in [0.15, 0.2) is 0 Å². The Morgan fingerprint density at radius 1 is 1.41 bits per heavy atom. The summed E-state index contributed by atoms with van der Waals surface area (Å²) in [4.78, 5) is 32.7. The Bertz CT molecular complexity index is 292. The van der Waals surface area contributed by atoms with Crippen molar-refractivity contribution >= 4 is 17.8 Å². The van der Waals surface area contributed by atoms with E-state index in [1.54, 1.807) is 6.92 Å². The van der Waals surface area contributed by atoms with Crippen molar-refractivity contribution in [1.29, 1.82) is 0 Å². The van der Waals surface area contributed by atoms with Gasteiger partial charge in [-0.3, -0.25) is 9.59 Å². The predicted octanol–water partition coefficient (Wildman–Crippen LogP) is -0.754. The van der Waals surface area contributed by atoms with Crippen LogP contribution in [0, 0.1) is 0 Å². The summed E-state index contributed by atoms with van der Waals surface area (Å²) >= 11 is 0. The third kappa shape index (κ3) is 7.29. The van der Waals surface area contributed by atoms with E-state index in [0.29, 0.717) is 6.42 Å². The molecule has 0 aromatic heterocycles. The van der Waals surface area contributed by atoms with Crippen LogP contribution in [-0.2, 0) is 19.1 Å². The smallest absolute Gasteiger partial charge is 0.326 e. The second-order valence-electron chi connectivity index (χ2n) is 3.71. The SMILES string of the molecule is COC(C)CCC(=O)N[C@@H](CC(N)=O)C(=O)O. The summed E-state index contributed by atoms with van der Waals surface area (Å²) in [6.07, 6.45) is 0.115. The minimum absolute atomic E-state index is 0.0832. The lowest BCUT2D eigenvalue weighted by Crippen LogP contribution is -2.43. The molecule has 0 aliphatic rings. The molecule has 0 rings (SSSR count). The van der Waals surface area contributed by atoms with Gasteiger partial charge in [-0.2, -0.15) is 0 Å². The summed E-state index contributed by atoms with van der Waals surface area (Å²) in [7, 11) is 1.52. The third-order valence-corrected chi connectivity index (χ3v) is 2.22. The highest BCUT2D eigenvalue weighted by atomic mass is 16.5. The molecule has 0 radical (unpaired) electrons. The van der Waals surface area contributed by atoms with E-state index in [9.17, 15) is 14.4 Å². The molecule has 7 nitrogen and oxygen atoms in total. The molecule has 0 aromatic rings. The van der Waals surface area contributed by atoms with Gasteiger partial charge in [0, 0.05) is 13.5 Å². The van der Waals surface area contributed by atoms with Gasteiger partial charge in [0.2, 0.25) is 11.8 Å². The van der Waals surface area contributed by atoms with E-state index in [-0.39, 0.29) is 12.5 Å². The zero-order valence-corrected chi connectivity index (χ0v) is 9.93. The van der Waals surface area contributed by atoms with Gasteiger partial charge in [-0.15, -0.1) is 0 Å². The number of aliphatic carboxylic acids is 1. The van der Waals surface area contributed by atoms with Crippen LogP contribution >= 0.6 is 0 Å². The van der Waals surface area contributed by atoms with Crippen molar-refractivity contribution in [2.75, 3.05) is 7.11 Å². The van der Waals surface area contributed by atoms with Crippen LogP contribution < -0.4 is 11.1 Å². The summed E-state index contributed by atoms with van der Waals surface area (Å²) in [5.74, 6) is -2.50. The number of amides is 2. The standard InChI is InChI=1S/C10H18N2O5/c1-6(17-2)3-4-9(14)12-7(10(15)16)5-8(11)13/h6-7H,3-5H2,1-2H3,(H2,11,13)(H,12,14)(H,15,16)/t6?,7-/m0/s1. The molecular formula is C10H18N2O5. The minimum atomic E-state index is -1.28. The second kappa shape index (κ2) is 7.61. The Hall–Kier alpha value is -1.63. The molecule has 1 unspecified atom stereocenters. The van der Waals surface area contributed by atoms with E-state index in [4.69, 9.17) is 15.6 Å². The summed E-state index contributed by atoms with van der Waals surface area (Å²) in [5, 5.41) is 11.0. The maximum atomic E-state index is 11.4. The fourth-order valence-corrected chi connectivity index (χ4v) is 1.12. The quantitative estimate of drug-likeness (QED) is 0.520. The first-order valence-electron chi connectivity index (χ1n) is 5.20. The molecule has 7 heteroatoms. The van der Waals surface area contributed by atoms with E-state index in [1.165, 1.54) is 7.11 Å². The van der Waals surface area contributed by atoms with Gasteiger partial charge in [-0.05, 0) is 13.3 Å². The van der Waals surface area contributed by atoms with Crippen LogP contribution in [0.25, 0.3) is 0 Å². The molecule has 0 aliphatic carbocycles. The lowest BCUT2D eigenvalue weighted by molar-refractivity contribution is -0.143. The maximum absolute atomic E-state index is 11.4. The average Bonchev–Trinajstić information content (AvgIpc) is 2.24. The van der Waals surface area contributed by atoms with E-state index in [2.05, 4.69) is 5.32 Å². The molecule has 0 heterocycles. The van der Waals surface area contributed by atoms with Crippen molar-refractivity contribution in [2.45, 2.75) is 38.3 Å². The van der Waals surface area contributed by atoms with Gasteiger partial charge >= 0.3 is 5.97 Å². The van der Waals surface area contributed by atoms with Gasteiger partial charge in [0.15, 0.2) is 0 Å². The highest BCUT2D eigenvalue weighted by molar-refractivity contribution is 5.88. The Kier molecular flexibility index (Phi) is 6.88. The Labute approximate surface area is 99.3 Å². The van der Waals surface area contributed by atoms with E-state index >= 15 is 0 Å². The number of rotatable bonds is 8. The number of nitrogens with two attached hydrogens (primary N) is 1. The van der Waals surface area contributed by atoms with Crippen molar-refractivity contribution in [3.05, 3.63) is 0 Å². The van der Waals surface area contributed by atoms with Crippen LogP contribution in [0.4, 0.5) is 0 Å². The number of carbonyl (C=O) groups is 3. The Morgan fingerprint density at radius 2 is 2.00 bits per heavy atom. The van der Waals surface area contributed by atoms with Gasteiger partial charge in [-0.25, -0.2) is 4.79 Å². The lowest BCUT2D eigenvalue weighted by atomic mass is 10.1. The average molecular weight is 246 g/mol. The molecular weight excluding hydrogens is 228 g/mol. The van der Waals surface area contributed by atoms with Gasteiger partial charge in [0.1, 0.15) is 6.04 Å². The highest BCUT2D eigenvalue weighted by Gasteiger charge is 2.21. The number of carboxylic acid groups (broad SMARTS) is 1. The first-order valence-corrected chi connectivity index (χ1v) is 5.20. The Balaban J connectivity index is 4.13. The van der Waals surface area contributed by atoms with Crippen molar-refractivity contribution in [1.82, 2.24) is 5.32 Å². The maximum Gasteiger partial charge on any atom is 0.326 e. The molecule has 0 spiro atoms. The first kappa shape index (κ1) is 15.4. The number of primary amides is 1. The highest BCUT2D eigenvalue weighted by Crippen LogP contribution is 2.01. The first-order chi connectivity index (χ1) is 7.86. The molecule has 0 aromatic carbocycles. The second-order valence-corrected chi connectivity index (χ2v) is 3.71. The fourth-order valence-electron chi connectivity index (χ4n) is 1.12.